The molecule has 14 heteroatoms. The zero-order chi connectivity index (χ0) is 27.1. The van der Waals surface area contributed by atoms with Gasteiger partial charge in [-0.05, 0) is 30.6 Å². The molecule has 1 aromatic rings. The number of benzene rings is 1. The average molecular weight is 526 g/mol. The van der Waals surface area contributed by atoms with Crippen molar-refractivity contribution in [1.29, 1.82) is 0 Å². The number of nitrogens with one attached hydrogen (secondary N) is 3. The van der Waals surface area contributed by atoms with Crippen LogP contribution in [0.4, 0.5) is 0 Å². The summed E-state index contributed by atoms with van der Waals surface area (Å²) in [6.07, 6.45) is 0.621. The van der Waals surface area contributed by atoms with Crippen molar-refractivity contribution in [3.63, 3.8) is 0 Å². The molecular weight excluding hydrogens is 490 g/mol. The molecule has 3 amide bonds. The minimum absolute atomic E-state index is 0.0318. The van der Waals surface area contributed by atoms with Gasteiger partial charge in [0.05, 0.1) is 12.6 Å². The molecule has 1 rings (SSSR count). The Balaban J connectivity index is 2.97. The minimum Gasteiger partial charge on any atom is -0.480 e. The molecule has 0 heterocycles. The number of thiol groups is 1. The van der Waals surface area contributed by atoms with Gasteiger partial charge in [-0.3, -0.25) is 19.4 Å². The van der Waals surface area contributed by atoms with Gasteiger partial charge < -0.3 is 43.4 Å². The van der Waals surface area contributed by atoms with Crippen molar-refractivity contribution in [2.24, 2.45) is 22.2 Å². The predicted molar refractivity (Wildman–Crippen MR) is 137 cm³/mol. The van der Waals surface area contributed by atoms with Crippen LogP contribution in [0.2, 0.25) is 0 Å². The normalized spacial score (nSPS) is 14.0. The maximum absolute atomic E-state index is 13.0. The highest BCUT2D eigenvalue weighted by Crippen LogP contribution is 2.06. The first-order chi connectivity index (χ1) is 17.1. The van der Waals surface area contributed by atoms with Crippen LogP contribution in [-0.2, 0) is 25.6 Å². The number of aliphatic imine (C=N–C) groups is 1. The van der Waals surface area contributed by atoms with Crippen LogP contribution in [0.15, 0.2) is 35.3 Å². The fourth-order valence-corrected chi connectivity index (χ4v) is 3.39. The molecule has 4 atom stereocenters. The van der Waals surface area contributed by atoms with Crippen LogP contribution in [0.5, 0.6) is 0 Å². The number of guanidine groups is 1. The summed E-state index contributed by atoms with van der Waals surface area (Å²) < 4.78 is 0. The largest absolute Gasteiger partial charge is 0.480 e. The average Bonchev–Trinajstić information content (AvgIpc) is 2.83. The Morgan fingerprint density at radius 2 is 1.50 bits per heavy atom. The van der Waals surface area contributed by atoms with E-state index in [0.717, 1.165) is 0 Å². The Kier molecular flexibility index (Phi) is 13.9. The number of nitrogens with zero attached hydrogens (tertiary/aromatic N) is 1. The molecule has 0 saturated heterocycles. The summed E-state index contributed by atoms with van der Waals surface area (Å²) in [5, 5.41) is 26.4. The lowest BCUT2D eigenvalue weighted by molar-refractivity contribution is -0.142. The van der Waals surface area contributed by atoms with Gasteiger partial charge in [0.25, 0.3) is 0 Å². The van der Waals surface area contributed by atoms with Gasteiger partial charge in [0.1, 0.15) is 18.1 Å². The smallest absolute Gasteiger partial charge is 0.326 e. The molecule has 0 aliphatic carbocycles. The van der Waals surface area contributed by atoms with E-state index in [1.54, 1.807) is 30.3 Å². The van der Waals surface area contributed by atoms with Crippen LogP contribution in [0, 0.1) is 0 Å². The molecule has 0 unspecified atom stereocenters. The summed E-state index contributed by atoms with van der Waals surface area (Å²) in [6, 6.07) is 3.99. The highest BCUT2D eigenvalue weighted by Gasteiger charge is 2.30. The van der Waals surface area contributed by atoms with E-state index in [0.29, 0.717) is 11.3 Å². The van der Waals surface area contributed by atoms with Crippen molar-refractivity contribution < 1.29 is 29.4 Å². The second-order valence-electron chi connectivity index (χ2n) is 7.96. The Bertz CT molecular complexity index is 898. The minimum atomic E-state index is -1.37. The molecule has 0 radical (unpaired) electrons. The second kappa shape index (κ2) is 16.3. The standard InChI is InChI=1S/C22H35N7O6S/c23-14(8-10-36)18(31)29-17(12-30)20(33)28-16(11-13-5-2-1-3-6-13)19(32)27-15(21(34)35)7-4-9-26-22(24)25/h1-3,5-6,14-17,30,36H,4,7-12,23H2,(H,27,32)(H,28,33)(H,29,31)(H,34,35)(H4,24,25,26)/t14-,15-,16+,17-/m0/s1. The Morgan fingerprint density at radius 3 is 2.06 bits per heavy atom. The lowest BCUT2D eigenvalue weighted by Crippen LogP contribution is -2.58. The first-order valence-electron chi connectivity index (χ1n) is 11.3. The molecule has 1 aromatic carbocycles. The van der Waals surface area contributed by atoms with Crippen LogP contribution in [0.25, 0.3) is 0 Å². The quantitative estimate of drug-likeness (QED) is 0.0478. The number of carbonyl (C=O) groups is 4. The summed E-state index contributed by atoms with van der Waals surface area (Å²) in [5.41, 5.74) is 16.9. The summed E-state index contributed by atoms with van der Waals surface area (Å²) >= 11 is 4.01. The first kappa shape index (κ1) is 30.7. The van der Waals surface area contributed by atoms with E-state index >= 15 is 0 Å². The van der Waals surface area contributed by atoms with Gasteiger partial charge in [0.15, 0.2) is 5.96 Å². The molecule has 11 N–H and O–H groups in total. The molecule has 0 aliphatic rings. The van der Waals surface area contributed by atoms with Crippen molar-refractivity contribution in [2.75, 3.05) is 18.9 Å². The van der Waals surface area contributed by atoms with Crippen molar-refractivity contribution in [3.05, 3.63) is 35.9 Å². The molecule has 200 valence electrons. The Morgan fingerprint density at radius 1 is 0.917 bits per heavy atom. The number of nitrogens with two attached hydrogens (primary N) is 3. The van der Waals surface area contributed by atoms with E-state index in [1.807, 2.05) is 0 Å². The van der Waals surface area contributed by atoms with Crippen LogP contribution >= 0.6 is 12.6 Å². The highest BCUT2D eigenvalue weighted by molar-refractivity contribution is 7.80. The third-order valence-corrected chi connectivity index (χ3v) is 5.33. The van der Waals surface area contributed by atoms with Gasteiger partial charge in [-0.2, -0.15) is 12.6 Å². The fourth-order valence-electron chi connectivity index (χ4n) is 3.11. The van der Waals surface area contributed by atoms with Crippen molar-refractivity contribution in [2.45, 2.75) is 49.9 Å². The van der Waals surface area contributed by atoms with Crippen LogP contribution in [0.1, 0.15) is 24.8 Å². The van der Waals surface area contributed by atoms with Crippen molar-refractivity contribution >= 4 is 42.3 Å². The molecule has 0 saturated carbocycles. The summed E-state index contributed by atoms with van der Waals surface area (Å²) in [6.45, 7) is -0.563. The lowest BCUT2D eigenvalue weighted by Gasteiger charge is -2.24. The maximum Gasteiger partial charge on any atom is 0.326 e. The van der Waals surface area contributed by atoms with E-state index in [-0.39, 0.29) is 38.2 Å². The highest BCUT2D eigenvalue weighted by atomic mass is 32.1. The van der Waals surface area contributed by atoms with Crippen LogP contribution in [-0.4, -0.2) is 82.9 Å². The van der Waals surface area contributed by atoms with Gasteiger partial charge in [-0.15, -0.1) is 0 Å². The number of carboxylic acids is 1. The van der Waals surface area contributed by atoms with Gasteiger partial charge >= 0.3 is 5.97 Å². The zero-order valence-electron chi connectivity index (χ0n) is 19.8. The Labute approximate surface area is 214 Å². The number of rotatable bonds is 16. The summed E-state index contributed by atoms with van der Waals surface area (Å²) in [4.78, 5) is 53.5. The van der Waals surface area contributed by atoms with Gasteiger partial charge in [0.2, 0.25) is 17.7 Å². The van der Waals surface area contributed by atoms with Crippen molar-refractivity contribution in [1.82, 2.24) is 16.0 Å². The van der Waals surface area contributed by atoms with E-state index in [2.05, 4.69) is 33.6 Å². The number of carboxylic acid groups (broad SMARTS) is 1. The molecule has 0 aliphatic heterocycles. The summed E-state index contributed by atoms with van der Waals surface area (Å²) in [7, 11) is 0. The third-order valence-electron chi connectivity index (χ3n) is 5.07. The van der Waals surface area contributed by atoms with Crippen LogP contribution < -0.4 is 33.2 Å². The van der Waals surface area contributed by atoms with Crippen LogP contribution in [0.3, 0.4) is 0 Å². The fraction of sp³-hybridized carbons (Fsp3) is 0.500. The molecule has 0 bridgehead atoms. The van der Waals surface area contributed by atoms with E-state index in [1.165, 1.54) is 0 Å². The number of hydrogen-bond donors (Lipinski definition) is 9. The number of amides is 3. The first-order valence-corrected chi connectivity index (χ1v) is 11.9. The van der Waals surface area contributed by atoms with E-state index < -0.39 is 54.5 Å². The lowest BCUT2D eigenvalue weighted by atomic mass is 10.0. The number of aliphatic hydroxyl groups is 1. The van der Waals surface area contributed by atoms with Gasteiger partial charge in [-0.1, -0.05) is 30.3 Å². The van der Waals surface area contributed by atoms with E-state index in [9.17, 15) is 29.4 Å². The molecule has 0 fully saturated rings. The number of carbonyl (C=O) groups excluding carboxylic acids is 3. The monoisotopic (exact) mass is 525 g/mol. The van der Waals surface area contributed by atoms with Gasteiger partial charge in [-0.25, -0.2) is 4.79 Å². The topological polar surface area (TPSA) is 235 Å². The molecule has 0 aromatic heterocycles. The zero-order valence-corrected chi connectivity index (χ0v) is 20.7. The molecular formula is C22H35N7O6S. The second-order valence-corrected chi connectivity index (χ2v) is 8.41. The van der Waals surface area contributed by atoms with E-state index in [4.69, 9.17) is 17.2 Å². The summed E-state index contributed by atoms with van der Waals surface area (Å²) in [5.74, 6) is -3.30. The Hall–Kier alpha value is -3.36. The van der Waals surface area contributed by atoms with Gasteiger partial charge in [0, 0.05) is 13.0 Å². The molecule has 13 nitrogen and oxygen atoms in total. The number of aliphatic carboxylic acids is 1. The SMILES string of the molecule is NC(N)=NCCC[C@H](NC(=O)[C@@H](Cc1ccccc1)NC(=O)[C@H](CO)NC(=O)[C@@H](N)CCS)C(=O)O. The number of aliphatic hydroxyl groups excluding tert-OH is 1. The molecule has 0 spiro atoms. The predicted octanol–water partition coefficient (Wildman–Crippen LogP) is -2.54. The third kappa shape index (κ3) is 11.4. The maximum atomic E-state index is 13.0. The van der Waals surface area contributed by atoms with Crippen molar-refractivity contribution in [3.8, 4) is 0 Å². The number of hydrogen-bond acceptors (Lipinski definition) is 8. The molecule has 36 heavy (non-hydrogen) atoms.